The summed E-state index contributed by atoms with van der Waals surface area (Å²) in [5.41, 5.74) is 0. The van der Waals surface area contributed by atoms with Crippen molar-refractivity contribution >= 4 is 22.6 Å². The SMILES string of the molecule is CCC(CO[Si](C)(C)C)C(=O)O[Si](C)(C)C. The highest BCUT2D eigenvalue weighted by Gasteiger charge is 2.27. The number of hydrogen-bond donors (Lipinski definition) is 0. The van der Waals surface area contributed by atoms with Crippen molar-refractivity contribution in [2.75, 3.05) is 6.61 Å². The summed E-state index contributed by atoms with van der Waals surface area (Å²) in [6.45, 7) is 15.0. The molecule has 16 heavy (non-hydrogen) atoms. The van der Waals surface area contributed by atoms with Crippen molar-refractivity contribution < 1.29 is 13.6 Å². The lowest BCUT2D eigenvalue weighted by molar-refractivity contribution is -0.140. The van der Waals surface area contributed by atoms with Crippen LogP contribution in [0.15, 0.2) is 0 Å². The molecular formula is C11H26O3Si2. The standard InChI is InChI=1S/C11H26O3Si2/c1-8-10(9-13-15(2,3)4)11(12)14-16(5,6)7/h10H,8-9H2,1-7H3. The highest BCUT2D eigenvalue weighted by Crippen LogP contribution is 2.14. The summed E-state index contributed by atoms with van der Waals surface area (Å²) in [7, 11) is -3.31. The Hall–Kier alpha value is -0.136. The average molecular weight is 262 g/mol. The van der Waals surface area contributed by atoms with Crippen molar-refractivity contribution in [2.24, 2.45) is 5.92 Å². The second-order valence-electron chi connectivity index (χ2n) is 6.06. The average Bonchev–Trinajstić information content (AvgIpc) is 1.99. The van der Waals surface area contributed by atoms with E-state index in [2.05, 4.69) is 19.6 Å². The third kappa shape index (κ3) is 8.07. The first-order chi connectivity index (χ1) is 7.05. The normalized spacial score (nSPS) is 14.7. The van der Waals surface area contributed by atoms with E-state index in [-0.39, 0.29) is 11.9 Å². The molecule has 0 aromatic carbocycles. The van der Waals surface area contributed by atoms with Crippen molar-refractivity contribution in [1.29, 1.82) is 0 Å². The largest absolute Gasteiger partial charge is 0.520 e. The molecule has 0 rings (SSSR count). The summed E-state index contributed by atoms with van der Waals surface area (Å²) < 4.78 is 11.3. The van der Waals surface area contributed by atoms with E-state index in [9.17, 15) is 4.79 Å². The highest BCUT2D eigenvalue weighted by molar-refractivity contribution is 6.71. The van der Waals surface area contributed by atoms with Gasteiger partial charge in [-0.2, -0.15) is 0 Å². The third-order valence-corrected chi connectivity index (χ3v) is 3.80. The summed E-state index contributed by atoms with van der Waals surface area (Å²) in [4.78, 5) is 11.9. The second kappa shape index (κ2) is 5.98. The molecule has 0 saturated carbocycles. The summed E-state index contributed by atoms with van der Waals surface area (Å²) >= 11 is 0. The first kappa shape index (κ1) is 15.9. The molecule has 1 atom stereocenters. The van der Waals surface area contributed by atoms with Crippen molar-refractivity contribution in [3.63, 3.8) is 0 Å². The second-order valence-corrected chi connectivity index (χ2v) is 15.0. The van der Waals surface area contributed by atoms with Gasteiger partial charge in [0.05, 0.1) is 5.92 Å². The van der Waals surface area contributed by atoms with Gasteiger partial charge in [-0.05, 0) is 45.7 Å². The van der Waals surface area contributed by atoms with Gasteiger partial charge in [-0.15, -0.1) is 0 Å². The molecule has 0 aliphatic heterocycles. The van der Waals surface area contributed by atoms with Gasteiger partial charge in [0.15, 0.2) is 8.32 Å². The Balaban J connectivity index is 4.23. The summed E-state index contributed by atoms with van der Waals surface area (Å²) in [6.07, 6.45) is 0.786. The van der Waals surface area contributed by atoms with Crippen molar-refractivity contribution in [3.05, 3.63) is 0 Å². The Kier molecular flexibility index (Phi) is 5.93. The lowest BCUT2D eigenvalue weighted by atomic mass is 10.1. The summed E-state index contributed by atoms with van der Waals surface area (Å²) in [6, 6.07) is 0. The maximum Gasteiger partial charge on any atom is 0.297 e. The van der Waals surface area contributed by atoms with Crippen LogP contribution < -0.4 is 0 Å². The van der Waals surface area contributed by atoms with Gasteiger partial charge < -0.3 is 8.85 Å². The Bertz CT molecular complexity index is 228. The molecule has 0 heterocycles. The molecule has 0 radical (unpaired) electrons. The molecule has 0 spiro atoms. The lowest BCUT2D eigenvalue weighted by Gasteiger charge is -2.24. The van der Waals surface area contributed by atoms with E-state index in [0.717, 1.165) is 6.42 Å². The van der Waals surface area contributed by atoms with Crippen molar-refractivity contribution in [3.8, 4) is 0 Å². The van der Waals surface area contributed by atoms with Gasteiger partial charge in [0, 0.05) is 6.61 Å². The van der Waals surface area contributed by atoms with Crippen LogP contribution in [0.3, 0.4) is 0 Å². The fourth-order valence-corrected chi connectivity index (χ4v) is 2.56. The van der Waals surface area contributed by atoms with Crippen LogP contribution in [-0.2, 0) is 13.6 Å². The topological polar surface area (TPSA) is 35.5 Å². The molecule has 1 unspecified atom stereocenters. The molecule has 0 aromatic rings. The Morgan fingerprint density at radius 3 is 1.88 bits per heavy atom. The highest BCUT2D eigenvalue weighted by atomic mass is 28.4. The molecule has 3 nitrogen and oxygen atoms in total. The van der Waals surface area contributed by atoms with E-state index in [1.807, 2.05) is 26.6 Å². The van der Waals surface area contributed by atoms with Crippen LogP contribution in [0.5, 0.6) is 0 Å². The fourth-order valence-electron chi connectivity index (χ4n) is 1.09. The van der Waals surface area contributed by atoms with Crippen LogP contribution in [0.1, 0.15) is 13.3 Å². The van der Waals surface area contributed by atoms with E-state index in [1.165, 1.54) is 0 Å². The molecule has 0 amide bonds. The van der Waals surface area contributed by atoms with Gasteiger partial charge >= 0.3 is 0 Å². The predicted molar refractivity (Wildman–Crippen MR) is 72.5 cm³/mol. The van der Waals surface area contributed by atoms with Crippen molar-refractivity contribution in [2.45, 2.75) is 52.6 Å². The fraction of sp³-hybridized carbons (Fsp3) is 0.909. The van der Waals surface area contributed by atoms with E-state index >= 15 is 0 Å². The van der Waals surface area contributed by atoms with Gasteiger partial charge in [-0.3, -0.25) is 4.79 Å². The molecule has 0 fully saturated rings. The molecular weight excluding hydrogens is 236 g/mol. The quantitative estimate of drug-likeness (QED) is 0.689. The maximum absolute atomic E-state index is 11.9. The minimum absolute atomic E-state index is 0.0834. The van der Waals surface area contributed by atoms with E-state index in [1.54, 1.807) is 0 Å². The Morgan fingerprint density at radius 2 is 1.56 bits per heavy atom. The number of carbonyl (C=O) groups excluding carboxylic acids is 1. The number of hydrogen-bond acceptors (Lipinski definition) is 3. The van der Waals surface area contributed by atoms with Gasteiger partial charge in [0.25, 0.3) is 5.97 Å². The van der Waals surface area contributed by atoms with E-state index in [0.29, 0.717) is 6.61 Å². The summed E-state index contributed by atoms with van der Waals surface area (Å²) in [5, 5.41) is 0. The van der Waals surface area contributed by atoms with Gasteiger partial charge in [0.1, 0.15) is 0 Å². The summed E-state index contributed by atoms with van der Waals surface area (Å²) in [5.74, 6) is -0.182. The predicted octanol–water partition coefficient (Wildman–Crippen LogP) is 3.24. The van der Waals surface area contributed by atoms with Gasteiger partial charge in [-0.1, -0.05) is 6.92 Å². The molecule has 0 N–H and O–H groups in total. The lowest BCUT2D eigenvalue weighted by Crippen LogP contribution is -2.36. The Labute approximate surface area is 102 Å². The minimum atomic E-state index is -1.77. The van der Waals surface area contributed by atoms with Crippen LogP contribution in [0.2, 0.25) is 39.3 Å². The smallest absolute Gasteiger partial charge is 0.297 e. The van der Waals surface area contributed by atoms with E-state index < -0.39 is 16.6 Å². The van der Waals surface area contributed by atoms with Gasteiger partial charge in [0.2, 0.25) is 8.32 Å². The minimum Gasteiger partial charge on any atom is -0.520 e. The van der Waals surface area contributed by atoms with Crippen LogP contribution in [0, 0.1) is 5.92 Å². The van der Waals surface area contributed by atoms with Crippen LogP contribution in [-0.4, -0.2) is 29.2 Å². The van der Waals surface area contributed by atoms with Crippen LogP contribution in [0.25, 0.3) is 0 Å². The monoisotopic (exact) mass is 262 g/mol. The number of carbonyl (C=O) groups is 1. The molecule has 96 valence electrons. The first-order valence-electron chi connectivity index (χ1n) is 5.92. The molecule has 0 aromatic heterocycles. The zero-order valence-corrected chi connectivity index (χ0v) is 13.7. The zero-order chi connectivity index (χ0) is 13.0. The number of rotatable bonds is 6. The molecule has 0 aliphatic rings. The van der Waals surface area contributed by atoms with Gasteiger partial charge in [-0.25, -0.2) is 0 Å². The molecule has 0 bridgehead atoms. The van der Waals surface area contributed by atoms with E-state index in [4.69, 9.17) is 8.85 Å². The molecule has 5 heteroatoms. The Morgan fingerprint density at radius 1 is 1.06 bits per heavy atom. The molecule has 0 saturated heterocycles. The van der Waals surface area contributed by atoms with Crippen molar-refractivity contribution in [1.82, 2.24) is 0 Å². The first-order valence-corrected chi connectivity index (χ1v) is 12.7. The zero-order valence-electron chi connectivity index (χ0n) is 11.7. The third-order valence-electron chi connectivity index (χ3n) is 1.95. The molecule has 0 aliphatic carbocycles. The van der Waals surface area contributed by atoms with Crippen LogP contribution >= 0.6 is 0 Å². The van der Waals surface area contributed by atoms with Crippen LogP contribution in [0.4, 0.5) is 0 Å². The maximum atomic E-state index is 11.9.